The number of nitrogens with zero attached hydrogens (tertiary/aromatic N) is 5. The summed E-state index contributed by atoms with van der Waals surface area (Å²) in [6.45, 7) is 0. The number of furan rings is 1. The maximum atomic E-state index is 6.34. The van der Waals surface area contributed by atoms with Crippen LogP contribution in [0, 0.1) is 0 Å². The van der Waals surface area contributed by atoms with Crippen molar-refractivity contribution in [2.75, 3.05) is 0 Å². The van der Waals surface area contributed by atoms with Crippen molar-refractivity contribution >= 4 is 65.6 Å². The zero-order valence-electron chi connectivity index (χ0n) is 30.5. The van der Waals surface area contributed by atoms with Gasteiger partial charge in [-0.25, -0.2) is 4.98 Å². The molecular weight excluding hydrogens is 699 g/mol. The molecule has 0 atom stereocenters. The number of para-hydroxylation sites is 4. The van der Waals surface area contributed by atoms with Gasteiger partial charge in [-0.1, -0.05) is 127 Å². The highest BCUT2D eigenvalue weighted by Crippen LogP contribution is 2.42. The number of hydrogen-bond acceptors (Lipinski definition) is 4. The van der Waals surface area contributed by atoms with Crippen LogP contribution in [0.2, 0.25) is 0 Å². The van der Waals surface area contributed by atoms with Crippen molar-refractivity contribution in [1.29, 1.82) is 0 Å². The van der Waals surface area contributed by atoms with Gasteiger partial charge in [0.25, 0.3) is 0 Å². The van der Waals surface area contributed by atoms with Crippen molar-refractivity contribution < 1.29 is 4.42 Å². The molecule has 0 aliphatic rings. The van der Waals surface area contributed by atoms with E-state index in [1.807, 2.05) is 30.3 Å². The fourth-order valence-electron chi connectivity index (χ4n) is 8.65. The lowest BCUT2D eigenvalue weighted by molar-refractivity contribution is 0.669. The number of hydrogen-bond donors (Lipinski definition) is 0. The summed E-state index contributed by atoms with van der Waals surface area (Å²) < 4.78 is 10.9. The third-order valence-corrected chi connectivity index (χ3v) is 11.2. The van der Waals surface area contributed by atoms with Gasteiger partial charge in [0, 0.05) is 49.1 Å². The molecule has 0 aliphatic carbocycles. The predicted molar refractivity (Wildman–Crippen MR) is 232 cm³/mol. The fourth-order valence-corrected chi connectivity index (χ4v) is 8.65. The summed E-state index contributed by atoms with van der Waals surface area (Å²) in [5, 5.41) is 6.82. The van der Waals surface area contributed by atoms with E-state index in [1.54, 1.807) is 0 Å². The summed E-state index contributed by atoms with van der Waals surface area (Å²) in [5.41, 5.74) is 11.1. The quantitative estimate of drug-likeness (QED) is 0.177. The standard InChI is InChI=1S/C51H31N5O/c1-3-14-32(15-4-1)33-16-13-17-34(30-33)49-52-50(35-26-27-38-37-20-9-12-25-45(37)57-46(38)31-35)54-51(53-49)56-42-24-11-8-22-40(42)48-44(56)29-28-43-47(48)39-21-7-10-23-41(39)55(43)36-18-5-2-6-19-36/h1-31H. The van der Waals surface area contributed by atoms with Crippen molar-refractivity contribution in [2.45, 2.75) is 0 Å². The van der Waals surface area contributed by atoms with Crippen LogP contribution < -0.4 is 0 Å². The zero-order chi connectivity index (χ0) is 37.5. The van der Waals surface area contributed by atoms with Gasteiger partial charge in [0.15, 0.2) is 11.6 Å². The molecule has 0 bridgehead atoms. The third-order valence-electron chi connectivity index (χ3n) is 11.2. The Balaban J connectivity index is 1.15. The van der Waals surface area contributed by atoms with Gasteiger partial charge < -0.3 is 8.98 Å². The number of benzene rings is 8. The van der Waals surface area contributed by atoms with E-state index in [-0.39, 0.29) is 0 Å². The van der Waals surface area contributed by atoms with Gasteiger partial charge in [0.1, 0.15) is 11.2 Å². The van der Waals surface area contributed by atoms with Crippen molar-refractivity contribution in [3.05, 3.63) is 188 Å². The molecule has 12 rings (SSSR count). The number of aromatic nitrogens is 5. The molecule has 0 saturated carbocycles. The first-order valence-corrected chi connectivity index (χ1v) is 19.1. The normalized spacial score (nSPS) is 11.9. The molecule has 0 spiro atoms. The molecule has 4 aromatic heterocycles. The van der Waals surface area contributed by atoms with Crippen molar-refractivity contribution in [1.82, 2.24) is 24.1 Å². The van der Waals surface area contributed by atoms with Crippen LogP contribution in [0.1, 0.15) is 0 Å². The third kappa shape index (κ3) is 4.87. The monoisotopic (exact) mass is 729 g/mol. The first kappa shape index (κ1) is 31.5. The van der Waals surface area contributed by atoms with E-state index in [1.165, 1.54) is 10.8 Å². The summed E-state index contributed by atoms with van der Waals surface area (Å²) in [5.74, 6) is 1.70. The van der Waals surface area contributed by atoms with E-state index in [0.29, 0.717) is 17.6 Å². The Morgan fingerprint density at radius 1 is 0.333 bits per heavy atom. The van der Waals surface area contributed by atoms with Crippen LogP contribution in [-0.2, 0) is 0 Å². The van der Waals surface area contributed by atoms with Crippen LogP contribution >= 0.6 is 0 Å². The minimum atomic E-state index is 0.544. The minimum absolute atomic E-state index is 0.544. The molecule has 0 radical (unpaired) electrons. The number of fused-ring (bicyclic) bond motifs is 10. The Kier molecular flexibility index (Phi) is 6.83. The van der Waals surface area contributed by atoms with Gasteiger partial charge in [-0.05, 0) is 71.8 Å². The lowest BCUT2D eigenvalue weighted by Gasteiger charge is -2.12. The van der Waals surface area contributed by atoms with E-state index in [4.69, 9.17) is 19.4 Å². The van der Waals surface area contributed by atoms with Crippen LogP contribution in [0.5, 0.6) is 0 Å². The second-order valence-corrected chi connectivity index (χ2v) is 14.4. The molecule has 6 nitrogen and oxygen atoms in total. The molecule has 0 unspecified atom stereocenters. The average molecular weight is 730 g/mol. The first-order chi connectivity index (χ1) is 28.3. The van der Waals surface area contributed by atoms with Gasteiger partial charge in [0.2, 0.25) is 5.95 Å². The largest absolute Gasteiger partial charge is 0.456 e. The maximum Gasteiger partial charge on any atom is 0.238 e. The fraction of sp³-hybridized carbons (Fsp3) is 0. The molecule has 0 fully saturated rings. The maximum absolute atomic E-state index is 6.34. The van der Waals surface area contributed by atoms with E-state index >= 15 is 0 Å². The summed E-state index contributed by atoms with van der Waals surface area (Å²) in [6.07, 6.45) is 0. The number of rotatable bonds is 5. The first-order valence-electron chi connectivity index (χ1n) is 19.1. The Hall–Kier alpha value is -7.83. The molecule has 8 aromatic carbocycles. The second-order valence-electron chi connectivity index (χ2n) is 14.4. The SMILES string of the molecule is c1ccc(-c2cccc(-c3nc(-c4ccc5c(c4)oc4ccccc45)nc(-n4c5ccccc5c5c6c7ccccc7n(-c7ccccc7)c6ccc54)n3)c2)cc1. The molecule has 0 amide bonds. The van der Waals surface area contributed by atoms with Gasteiger partial charge >= 0.3 is 0 Å². The van der Waals surface area contributed by atoms with Crippen LogP contribution in [-0.4, -0.2) is 24.1 Å². The van der Waals surface area contributed by atoms with Gasteiger partial charge in [0.05, 0.1) is 22.1 Å². The van der Waals surface area contributed by atoms with E-state index in [2.05, 4.69) is 167 Å². The predicted octanol–water partition coefficient (Wildman–Crippen LogP) is 13.0. The van der Waals surface area contributed by atoms with E-state index < -0.39 is 0 Å². The van der Waals surface area contributed by atoms with Crippen LogP contribution in [0.15, 0.2) is 192 Å². The van der Waals surface area contributed by atoms with Gasteiger partial charge in [-0.3, -0.25) is 4.57 Å². The average Bonchev–Trinajstić information content (AvgIpc) is 3.94. The lowest BCUT2D eigenvalue weighted by Crippen LogP contribution is -2.06. The van der Waals surface area contributed by atoms with Crippen molar-refractivity contribution in [2.24, 2.45) is 0 Å². The highest BCUT2D eigenvalue weighted by Gasteiger charge is 2.23. The smallest absolute Gasteiger partial charge is 0.238 e. The Morgan fingerprint density at radius 3 is 1.61 bits per heavy atom. The molecule has 57 heavy (non-hydrogen) atoms. The summed E-state index contributed by atoms with van der Waals surface area (Å²) >= 11 is 0. The second kappa shape index (κ2) is 12.3. The van der Waals surface area contributed by atoms with E-state index in [0.717, 1.165) is 82.7 Å². The molecule has 0 aliphatic heterocycles. The minimum Gasteiger partial charge on any atom is -0.456 e. The van der Waals surface area contributed by atoms with E-state index in [9.17, 15) is 0 Å². The highest BCUT2D eigenvalue weighted by molar-refractivity contribution is 6.28. The Labute approximate surface area is 326 Å². The Morgan fingerprint density at radius 2 is 0.877 bits per heavy atom. The molecule has 0 saturated heterocycles. The summed E-state index contributed by atoms with van der Waals surface area (Å²) in [6, 6.07) is 65.5. The summed E-state index contributed by atoms with van der Waals surface area (Å²) in [7, 11) is 0. The topological polar surface area (TPSA) is 61.7 Å². The molecule has 12 aromatic rings. The molecule has 266 valence electrons. The Bertz CT molecular complexity index is 3520. The van der Waals surface area contributed by atoms with Crippen molar-refractivity contribution in [3.63, 3.8) is 0 Å². The molecule has 4 heterocycles. The molecule has 6 heteroatoms. The van der Waals surface area contributed by atoms with Crippen molar-refractivity contribution in [3.8, 4) is 45.5 Å². The van der Waals surface area contributed by atoms with Gasteiger partial charge in [-0.2, -0.15) is 9.97 Å². The van der Waals surface area contributed by atoms with Crippen LogP contribution in [0.4, 0.5) is 0 Å². The van der Waals surface area contributed by atoms with Crippen LogP contribution in [0.3, 0.4) is 0 Å². The molecule has 0 N–H and O–H groups in total. The van der Waals surface area contributed by atoms with Gasteiger partial charge in [-0.15, -0.1) is 0 Å². The molecular formula is C51H31N5O. The lowest BCUT2D eigenvalue weighted by atomic mass is 10.0. The van der Waals surface area contributed by atoms with Crippen LogP contribution in [0.25, 0.3) is 111 Å². The summed E-state index contributed by atoms with van der Waals surface area (Å²) in [4.78, 5) is 15.8. The zero-order valence-corrected chi connectivity index (χ0v) is 30.5. The highest BCUT2D eigenvalue weighted by atomic mass is 16.3.